The second kappa shape index (κ2) is 7.35. The van der Waals surface area contributed by atoms with Gasteiger partial charge in [0.25, 0.3) is 0 Å². The van der Waals surface area contributed by atoms with Gasteiger partial charge >= 0.3 is 11.9 Å². The molecule has 7 heteroatoms. The van der Waals surface area contributed by atoms with Crippen LogP contribution < -0.4 is 14.8 Å². The Morgan fingerprint density at radius 1 is 1.15 bits per heavy atom. The molecular weight excluding hydrogens is 338 g/mol. The van der Waals surface area contributed by atoms with Gasteiger partial charge < -0.3 is 24.3 Å². The van der Waals surface area contributed by atoms with Gasteiger partial charge in [-0.2, -0.15) is 0 Å². The van der Waals surface area contributed by atoms with Crippen molar-refractivity contribution in [3.8, 4) is 11.5 Å². The highest BCUT2D eigenvalue weighted by molar-refractivity contribution is 5.99. The summed E-state index contributed by atoms with van der Waals surface area (Å²) in [4.78, 5) is 24.5. The Hall–Kier alpha value is -3.22. The first-order chi connectivity index (χ1) is 12.6. The molecule has 0 fully saturated rings. The Bertz CT molecular complexity index is 848. The fourth-order valence-electron chi connectivity index (χ4n) is 2.84. The number of carbonyl (C=O) groups excluding carboxylic acids is 2. The SMILES string of the molecule is CCOC(=O)c1ccccc1N[C@H]1OC(=O)c2c1ccc(OC)c2OC. The molecule has 3 rings (SSSR count). The fourth-order valence-corrected chi connectivity index (χ4v) is 2.84. The number of carbonyl (C=O) groups is 2. The standard InChI is InChI=1S/C19H19NO6/c1-4-25-18(21)11-7-5-6-8-13(11)20-17-12-9-10-14(23-2)16(24-3)15(12)19(22)26-17/h5-10,17,20H,4H2,1-3H3/t17-/m0/s1. The van der Waals surface area contributed by atoms with Crippen molar-refractivity contribution in [2.24, 2.45) is 0 Å². The minimum Gasteiger partial charge on any atom is -0.493 e. The van der Waals surface area contributed by atoms with Crippen LogP contribution in [-0.4, -0.2) is 32.8 Å². The molecule has 0 aromatic heterocycles. The summed E-state index contributed by atoms with van der Waals surface area (Å²) in [5.41, 5.74) is 1.77. The van der Waals surface area contributed by atoms with Crippen LogP contribution in [0.2, 0.25) is 0 Å². The van der Waals surface area contributed by atoms with E-state index >= 15 is 0 Å². The van der Waals surface area contributed by atoms with Gasteiger partial charge in [0.05, 0.1) is 32.1 Å². The summed E-state index contributed by atoms with van der Waals surface area (Å²) >= 11 is 0. The largest absolute Gasteiger partial charge is 0.493 e. The van der Waals surface area contributed by atoms with Crippen molar-refractivity contribution >= 4 is 17.6 Å². The zero-order valence-corrected chi connectivity index (χ0v) is 14.7. The fraction of sp³-hybridized carbons (Fsp3) is 0.263. The third-order valence-electron chi connectivity index (χ3n) is 4.00. The topological polar surface area (TPSA) is 83.1 Å². The van der Waals surface area contributed by atoms with Crippen LogP contribution in [0.15, 0.2) is 36.4 Å². The van der Waals surface area contributed by atoms with Crippen molar-refractivity contribution in [2.45, 2.75) is 13.2 Å². The molecule has 0 spiro atoms. The van der Waals surface area contributed by atoms with E-state index in [1.807, 2.05) is 0 Å². The maximum absolute atomic E-state index is 12.3. The number of rotatable bonds is 6. The monoisotopic (exact) mass is 357 g/mol. The third kappa shape index (κ3) is 3.03. The number of methoxy groups -OCH3 is 2. The van der Waals surface area contributed by atoms with Crippen LogP contribution in [0.4, 0.5) is 5.69 Å². The number of fused-ring (bicyclic) bond motifs is 1. The Morgan fingerprint density at radius 2 is 1.92 bits per heavy atom. The second-order valence-electron chi connectivity index (χ2n) is 5.46. The summed E-state index contributed by atoms with van der Waals surface area (Å²) in [5.74, 6) is -0.219. The summed E-state index contributed by atoms with van der Waals surface area (Å²) in [6, 6.07) is 10.3. The first-order valence-electron chi connectivity index (χ1n) is 8.09. The molecule has 1 aliphatic heterocycles. The van der Waals surface area contributed by atoms with Gasteiger partial charge in [0.15, 0.2) is 11.5 Å². The number of para-hydroxylation sites is 1. The molecule has 0 bridgehead atoms. The van der Waals surface area contributed by atoms with E-state index in [0.29, 0.717) is 33.9 Å². The quantitative estimate of drug-likeness (QED) is 0.795. The van der Waals surface area contributed by atoms with E-state index in [0.717, 1.165) is 0 Å². The van der Waals surface area contributed by atoms with Crippen LogP contribution in [0.1, 0.15) is 39.4 Å². The number of cyclic esters (lactones) is 1. The molecule has 0 amide bonds. The zero-order valence-electron chi connectivity index (χ0n) is 14.7. The maximum atomic E-state index is 12.3. The van der Waals surface area contributed by atoms with E-state index in [1.54, 1.807) is 43.3 Å². The van der Waals surface area contributed by atoms with E-state index in [2.05, 4.69) is 5.32 Å². The lowest BCUT2D eigenvalue weighted by atomic mass is 10.1. The van der Waals surface area contributed by atoms with Gasteiger partial charge in [-0.05, 0) is 31.2 Å². The van der Waals surface area contributed by atoms with Crippen LogP contribution >= 0.6 is 0 Å². The minimum absolute atomic E-state index is 0.269. The molecule has 0 unspecified atom stereocenters. The normalized spacial score (nSPS) is 15.0. The van der Waals surface area contributed by atoms with Crippen molar-refractivity contribution in [2.75, 3.05) is 26.1 Å². The summed E-state index contributed by atoms with van der Waals surface area (Å²) in [6.07, 6.45) is -0.757. The van der Waals surface area contributed by atoms with Gasteiger partial charge in [-0.1, -0.05) is 12.1 Å². The number of hydrogen-bond donors (Lipinski definition) is 1. The smallest absolute Gasteiger partial charge is 0.344 e. The van der Waals surface area contributed by atoms with E-state index in [4.69, 9.17) is 18.9 Å². The molecule has 2 aromatic rings. The van der Waals surface area contributed by atoms with Crippen LogP contribution in [-0.2, 0) is 9.47 Å². The number of ether oxygens (including phenoxy) is 4. The molecule has 136 valence electrons. The van der Waals surface area contributed by atoms with Crippen molar-refractivity contribution in [3.63, 3.8) is 0 Å². The van der Waals surface area contributed by atoms with Crippen LogP contribution in [0, 0.1) is 0 Å². The van der Waals surface area contributed by atoms with Gasteiger partial charge in [-0.15, -0.1) is 0 Å². The van der Waals surface area contributed by atoms with Gasteiger partial charge in [0.1, 0.15) is 5.56 Å². The van der Waals surface area contributed by atoms with Crippen molar-refractivity contribution in [1.29, 1.82) is 0 Å². The Balaban J connectivity index is 1.96. The molecule has 2 aromatic carbocycles. The van der Waals surface area contributed by atoms with E-state index in [9.17, 15) is 9.59 Å². The molecule has 0 saturated heterocycles. The predicted molar refractivity (Wildman–Crippen MR) is 93.7 cm³/mol. The van der Waals surface area contributed by atoms with Gasteiger partial charge in [0, 0.05) is 5.56 Å². The van der Waals surface area contributed by atoms with Crippen molar-refractivity contribution in [1.82, 2.24) is 0 Å². The summed E-state index contributed by atoms with van der Waals surface area (Å²) in [5, 5.41) is 3.08. The maximum Gasteiger partial charge on any atom is 0.344 e. The summed E-state index contributed by atoms with van der Waals surface area (Å²) in [7, 11) is 2.96. The highest BCUT2D eigenvalue weighted by Gasteiger charge is 2.36. The van der Waals surface area contributed by atoms with Gasteiger partial charge in [0.2, 0.25) is 6.23 Å². The molecule has 0 radical (unpaired) electrons. The number of anilines is 1. The van der Waals surface area contributed by atoms with E-state index in [1.165, 1.54) is 14.2 Å². The second-order valence-corrected chi connectivity index (χ2v) is 5.46. The first-order valence-corrected chi connectivity index (χ1v) is 8.09. The lowest BCUT2D eigenvalue weighted by Gasteiger charge is -2.17. The Labute approximate surface area is 150 Å². The number of hydrogen-bond acceptors (Lipinski definition) is 7. The third-order valence-corrected chi connectivity index (χ3v) is 4.00. The van der Waals surface area contributed by atoms with Gasteiger partial charge in [-0.3, -0.25) is 0 Å². The Kier molecular flexibility index (Phi) is 4.97. The minimum atomic E-state index is -0.757. The molecule has 26 heavy (non-hydrogen) atoms. The lowest BCUT2D eigenvalue weighted by molar-refractivity contribution is 0.0435. The summed E-state index contributed by atoms with van der Waals surface area (Å²) in [6.45, 7) is 2.01. The van der Waals surface area contributed by atoms with Crippen LogP contribution in [0.3, 0.4) is 0 Å². The van der Waals surface area contributed by atoms with Crippen LogP contribution in [0.25, 0.3) is 0 Å². The molecule has 0 saturated carbocycles. The molecular formula is C19H19NO6. The molecule has 7 nitrogen and oxygen atoms in total. The Morgan fingerprint density at radius 3 is 2.62 bits per heavy atom. The highest BCUT2D eigenvalue weighted by Crippen LogP contribution is 2.42. The molecule has 0 aliphatic carbocycles. The predicted octanol–water partition coefficient (Wildman–Crippen LogP) is 3.16. The molecule has 1 heterocycles. The highest BCUT2D eigenvalue weighted by atomic mass is 16.6. The number of benzene rings is 2. The number of esters is 2. The van der Waals surface area contributed by atoms with Crippen molar-refractivity contribution in [3.05, 3.63) is 53.1 Å². The van der Waals surface area contributed by atoms with E-state index in [-0.39, 0.29) is 6.61 Å². The molecule has 1 aliphatic rings. The van der Waals surface area contributed by atoms with E-state index < -0.39 is 18.2 Å². The van der Waals surface area contributed by atoms with Crippen molar-refractivity contribution < 1.29 is 28.5 Å². The van der Waals surface area contributed by atoms with Gasteiger partial charge in [-0.25, -0.2) is 9.59 Å². The first kappa shape index (κ1) is 17.6. The van der Waals surface area contributed by atoms with Crippen LogP contribution in [0.5, 0.6) is 11.5 Å². The zero-order chi connectivity index (χ0) is 18.7. The number of nitrogens with one attached hydrogen (secondary N) is 1. The summed E-state index contributed by atoms with van der Waals surface area (Å²) < 4.78 is 21.0. The lowest BCUT2D eigenvalue weighted by Crippen LogP contribution is -2.14. The average Bonchev–Trinajstić information content (AvgIpc) is 2.97. The average molecular weight is 357 g/mol. The molecule has 1 N–H and O–H groups in total. The molecule has 1 atom stereocenters.